The predicted octanol–water partition coefficient (Wildman–Crippen LogP) is 2.05. The van der Waals surface area contributed by atoms with E-state index in [1.807, 2.05) is 13.0 Å². The van der Waals surface area contributed by atoms with Gasteiger partial charge in [0.1, 0.15) is 5.82 Å². The third kappa shape index (κ3) is 2.74. The van der Waals surface area contributed by atoms with Gasteiger partial charge in [-0.25, -0.2) is 4.39 Å². The number of rotatable bonds is 3. The molecule has 2 rings (SSSR count). The highest BCUT2D eigenvalue weighted by atomic mass is 19.1. The standard InChI is InChI=1S/C13H14FN3O/c1-9-7-10(17(2)16-9)8-13(18)15-12-6-4-3-5-11(12)14/h3-7H,8H2,1-2H3,(H,15,18). The number of aromatic nitrogens is 2. The Bertz CT molecular complexity index is 577. The van der Waals surface area contributed by atoms with Gasteiger partial charge in [0.2, 0.25) is 5.91 Å². The number of hydrogen-bond donors (Lipinski definition) is 1. The van der Waals surface area contributed by atoms with Crippen molar-refractivity contribution in [1.82, 2.24) is 9.78 Å². The maximum atomic E-state index is 13.3. The fourth-order valence-corrected chi connectivity index (χ4v) is 1.75. The number of amides is 1. The van der Waals surface area contributed by atoms with Crippen LogP contribution in [0.5, 0.6) is 0 Å². The summed E-state index contributed by atoms with van der Waals surface area (Å²) in [4.78, 5) is 11.8. The van der Waals surface area contributed by atoms with Crippen molar-refractivity contribution in [2.45, 2.75) is 13.3 Å². The number of nitrogens with zero attached hydrogens (tertiary/aromatic N) is 2. The van der Waals surface area contributed by atoms with Crippen molar-refractivity contribution in [1.29, 1.82) is 0 Å². The first-order valence-electron chi connectivity index (χ1n) is 5.60. The molecule has 0 atom stereocenters. The van der Waals surface area contributed by atoms with E-state index in [1.54, 1.807) is 23.9 Å². The highest BCUT2D eigenvalue weighted by molar-refractivity contribution is 5.92. The SMILES string of the molecule is Cc1cc(CC(=O)Nc2ccccc2F)n(C)n1. The van der Waals surface area contributed by atoms with Crippen molar-refractivity contribution in [3.63, 3.8) is 0 Å². The topological polar surface area (TPSA) is 46.9 Å². The summed E-state index contributed by atoms with van der Waals surface area (Å²) >= 11 is 0. The summed E-state index contributed by atoms with van der Waals surface area (Å²) in [5.41, 5.74) is 1.84. The molecule has 1 N–H and O–H groups in total. The molecule has 0 saturated heterocycles. The molecule has 0 fully saturated rings. The van der Waals surface area contributed by atoms with Gasteiger partial charge in [0.05, 0.1) is 17.8 Å². The summed E-state index contributed by atoms with van der Waals surface area (Å²) in [6.07, 6.45) is 0.172. The van der Waals surface area contributed by atoms with Crippen molar-refractivity contribution in [2.24, 2.45) is 7.05 Å². The molecular weight excluding hydrogens is 233 g/mol. The summed E-state index contributed by atoms with van der Waals surface area (Å²) in [5, 5.41) is 6.69. The van der Waals surface area contributed by atoms with Crippen LogP contribution in [0.3, 0.4) is 0 Å². The lowest BCUT2D eigenvalue weighted by Crippen LogP contribution is -2.17. The number of carbonyl (C=O) groups excluding carboxylic acids is 1. The highest BCUT2D eigenvalue weighted by Gasteiger charge is 2.10. The van der Waals surface area contributed by atoms with E-state index in [0.29, 0.717) is 0 Å². The fourth-order valence-electron chi connectivity index (χ4n) is 1.75. The van der Waals surface area contributed by atoms with Gasteiger partial charge in [-0.3, -0.25) is 9.48 Å². The number of halogens is 1. The predicted molar refractivity (Wildman–Crippen MR) is 66.7 cm³/mol. The second-order valence-electron chi connectivity index (χ2n) is 4.11. The van der Waals surface area contributed by atoms with E-state index in [0.717, 1.165) is 11.4 Å². The number of anilines is 1. The minimum Gasteiger partial charge on any atom is -0.323 e. The van der Waals surface area contributed by atoms with E-state index >= 15 is 0 Å². The molecule has 0 unspecified atom stereocenters. The molecule has 0 spiro atoms. The molecule has 0 aliphatic heterocycles. The molecule has 4 nitrogen and oxygen atoms in total. The number of nitrogens with one attached hydrogen (secondary N) is 1. The van der Waals surface area contributed by atoms with Gasteiger partial charge < -0.3 is 5.32 Å². The summed E-state index contributed by atoms with van der Waals surface area (Å²) in [6.45, 7) is 1.86. The van der Waals surface area contributed by atoms with Crippen LogP contribution in [-0.4, -0.2) is 15.7 Å². The van der Waals surface area contributed by atoms with Crippen LogP contribution >= 0.6 is 0 Å². The number of carbonyl (C=O) groups is 1. The van der Waals surface area contributed by atoms with Gasteiger partial charge in [0.25, 0.3) is 0 Å². The first kappa shape index (κ1) is 12.3. The molecule has 1 amide bonds. The Morgan fingerprint density at radius 3 is 2.78 bits per heavy atom. The average Bonchev–Trinajstić information content (AvgIpc) is 2.61. The minimum absolute atomic E-state index is 0.172. The Morgan fingerprint density at radius 1 is 1.44 bits per heavy atom. The zero-order chi connectivity index (χ0) is 13.1. The Labute approximate surface area is 104 Å². The number of para-hydroxylation sites is 1. The van der Waals surface area contributed by atoms with Crippen LogP contribution in [0, 0.1) is 12.7 Å². The first-order valence-corrected chi connectivity index (χ1v) is 5.60. The molecule has 0 saturated carbocycles. The molecule has 2 aromatic rings. The van der Waals surface area contributed by atoms with Crippen LogP contribution < -0.4 is 5.32 Å². The van der Waals surface area contributed by atoms with Gasteiger partial charge >= 0.3 is 0 Å². The smallest absolute Gasteiger partial charge is 0.230 e. The van der Waals surface area contributed by atoms with Crippen LogP contribution in [0.1, 0.15) is 11.4 Å². The molecule has 94 valence electrons. The largest absolute Gasteiger partial charge is 0.323 e. The average molecular weight is 247 g/mol. The van der Waals surface area contributed by atoms with Crippen LogP contribution in [0.25, 0.3) is 0 Å². The van der Waals surface area contributed by atoms with E-state index in [4.69, 9.17) is 0 Å². The van der Waals surface area contributed by atoms with Crippen molar-refractivity contribution >= 4 is 11.6 Å². The molecule has 5 heteroatoms. The Kier molecular flexibility index (Phi) is 3.41. The second kappa shape index (κ2) is 5.00. The molecule has 1 aromatic heterocycles. The molecule has 0 aliphatic carbocycles. The van der Waals surface area contributed by atoms with Gasteiger partial charge in [-0.2, -0.15) is 5.10 Å². The Hall–Kier alpha value is -2.17. The first-order chi connectivity index (χ1) is 8.56. The Balaban J connectivity index is 2.06. The molecular formula is C13H14FN3O. The third-order valence-corrected chi connectivity index (χ3v) is 2.59. The molecule has 18 heavy (non-hydrogen) atoms. The summed E-state index contributed by atoms with van der Waals surface area (Å²) in [6, 6.07) is 7.93. The zero-order valence-electron chi connectivity index (χ0n) is 10.3. The summed E-state index contributed by atoms with van der Waals surface area (Å²) < 4.78 is 15.0. The number of hydrogen-bond acceptors (Lipinski definition) is 2. The van der Waals surface area contributed by atoms with E-state index in [2.05, 4.69) is 10.4 Å². The lowest BCUT2D eigenvalue weighted by atomic mass is 10.2. The monoisotopic (exact) mass is 247 g/mol. The van der Waals surface area contributed by atoms with Crippen molar-refractivity contribution < 1.29 is 9.18 Å². The number of benzene rings is 1. The normalized spacial score (nSPS) is 10.4. The van der Waals surface area contributed by atoms with Crippen LogP contribution in [0.15, 0.2) is 30.3 Å². The van der Waals surface area contributed by atoms with Gasteiger partial charge in [-0.05, 0) is 25.1 Å². The lowest BCUT2D eigenvalue weighted by Gasteiger charge is -2.06. The molecule has 1 aromatic carbocycles. The van der Waals surface area contributed by atoms with Gasteiger partial charge in [-0.1, -0.05) is 12.1 Å². The maximum Gasteiger partial charge on any atom is 0.230 e. The molecule has 1 heterocycles. The summed E-state index contributed by atoms with van der Waals surface area (Å²) in [7, 11) is 1.78. The van der Waals surface area contributed by atoms with E-state index in [1.165, 1.54) is 12.1 Å². The molecule has 0 aliphatic rings. The van der Waals surface area contributed by atoms with E-state index in [-0.39, 0.29) is 18.0 Å². The van der Waals surface area contributed by atoms with Crippen LogP contribution in [-0.2, 0) is 18.3 Å². The molecule has 0 radical (unpaired) electrons. The van der Waals surface area contributed by atoms with Crippen molar-refractivity contribution in [2.75, 3.05) is 5.32 Å². The second-order valence-corrected chi connectivity index (χ2v) is 4.11. The van der Waals surface area contributed by atoms with Gasteiger partial charge in [0.15, 0.2) is 0 Å². The van der Waals surface area contributed by atoms with E-state index in [9.17, 15) is 9.18 Å². The van der Waals surface area contributed by atoms with Crippen LogP contribution in [0.2, 0.25) is 0 Å². The third-order valence-electron chi connectivity index (χ3n) is 2.59. The van der Waals surface area contributed by atoms with Gasteiger partial charge in [0, 0.05) is 12.7 Å². The van der Waals surface area contributed by atoms with Crippen LogP contribution in [0.4, 0.5) is 10.1 Å². The minimum atomic E-state index is -0.438. The van der Waals surface area contributed by atoms with E-state index < -0.39 is 5.82 Å². The van der Waals surface area contributed by atoms with Crippen molar-refractivity contribution in [3.05, 3.63) is 47.5 Å². The lowest BCUT2D eigenvalue weighted by molar-refractivity contribution is -0.115. The highest BCUT2D eigenvalue weighted by Crippen LogP contribution is 2.13. The van der Waals surface area contributed by atoms with Crippen molar-refractivity contribution in [3.8, 4) is 0 Å². The fraction of sp³-hybridized carbons (Fsp3) is 0.231. The maximum absolute atomic E-state index is 13.3. The summed E-state index contributed by atoms with van der Waals surface area (Å²) in [5.74, 6) is -0.699. The zero-order valence-corrected chi connectivity index (χ0v) is 10.3. The Morgan fingerprint density at radius 2 is 2.17 bits per heavy atom. The number of aryl methyl sites for hydroxylation is 2. The quantitative estimate of drug-likeness (QED) is 0.902. The molecule has 0 bridgehead atoms. The van der Waals surface area contributed by atoms with Gasteiger partial charge in [-0.15, -0.1) is 0 Å².